The molecule has 0 aliphatic carbocycles. The van der Waals surface area contributed by atoms with E-state index in [1.165, 1.54) is 18.7 Å². The lowest BCUT2D eigenvalue weighted by atomic mass is 10.2. The van der Waals surface area contributed by atoms with Gasteiger partial charge in [-0.1, -0.05) is 0 Å². The zero-order valence-electron chi connectivity index (χ0n) is 12.4. The van der Waals surface area contributed by atoms with Crippen LogP contribution < -0.4 is 16.0 Å². The first-order chi connectivity index (χ1) is 10.4. The van der Waals surface area contributed by atoms with Crippen LogP contribution in [0.15, 0.2) is 0 Å². The van der Waals surface area contributed by atoms with Crippen LogP contribution in [0.1, 0.15) is 13.3 Å². The van der Waals surface area contributed by atoms with Crippen LogP contribution in [0, 0.1) is 0 Å². The maximum absolute atomic E-state index is 12.0. The second-order valence-corrected chi connectivity index (χ2v) is 5.42. The van der Waals surface area contributed by atoms with Gasteiger partial charge in [0, 0.05) is 0 Å². The van der Waals surface area contributed by atoms with E-state index in [1.807, 2.05) is 6.26 Å². The van der Waals surface area contributed by atoms with E-state index in [0.717, 1.165) is 0 Å². The molecule has 0 aliphatic heterocycles. The molecule has 10 heteroatoms. The van der Waals surface area contributed by atoms with Crippen LogP contribution >= 0.6 is 11.8 Å². The van der Waals surface area contributed by atoms with Gasteiger partial charge in [0.15, 0.2) is 0 Å². The van der Waals surface area contributed by atoms with Crippen LogP contribution in [-0.2, 0) is 19.2 Å². The summed E-state index contributed by atoms with van der Waals surface area (Å²) in [6.45, 7) is 0.612. The van der Waals surface area contributed by atoms with Crippen molar-refractivity contribution in [3.05, 3.63) is 0 Å². The first-order valence-corrected chi connectivity index (χ1v) is 7.89. The number of aliphatic hydroxyl groups is 1. The maximum atomic E-state index is 12.0. The number of hydrogen-bond acceptors (Lipinski definition) is 6. The summed E-state index contributed by atoms with van der Waals surface area (Å²) in [6, 6.07) is -3.22. The van der Waals surface area contributed by atoms with Crippen molar-refractivity contribution in [2.24, 2.45) is 0 Å². The van der Waals surface area contributed by atoms with Gasteiger partial charge < -0.3 is 26.2 Å². The van der Waals surface area contributed by atoms with E-state index >= 15 is 0 Å². The zero-order valence-corrected chi connectivity index (χ0v) is 13.2. The van der Waals surface area contributed by atoms with Gasteiger partial charge in [0.2, 0.25) is 18.2 Å². The number of aliphatic carboxylic acids is 1. The van der Waals surface area contributed by atoms with Gasteiger partial charge >= 0.3 is 5.97 Å². The Morgan fingerprint density at radius 3 is 2.27 bits per heavy atom. The minimum Gasteiger partial charge on any atom is -0.480 e. The Kier molecular flexibility index (Phi) is 9.96. The molecule has 5 N–H and O–H groups in total. The molecule has 0 unspecified atom stereocenters. The van der Waals surface area contributed by atoms with E-state index in [2.05, 4.69) is 16.0 Å². The van der Waals surface area contributed by atoms with Crippen LogP contribution in [-0.4, -0.2) is 71.1 Å². The van der Waals surface area contributed by atoms with Gasteiger partial charge in [-0.2, -0.15) is 11.8 Å². The van der Waals surface area contributed by atoms with E-state index < -0.39 is 42.5 Å². The molecule has 0 saturated carbocycles. The van der Waals surface area contributed by atoms with Gasteiger partial charge in [0.25, 0.3) is 0 Å². The number of carbonyl (C=O) groups excluding carboxylic acids is 3. The number of rotatable bonds is 11. The fourth-order valence-electron chi connectivity index (χ4n) is 1.47. The first kappa shape index (κ1) is 20.2. The molecule has 0 bridgehead atoms. The van der Waals surface area contributed by atoms with E-state index in [1.54, 1.807) is 0 Å². The monoisotopic (exact) mass is 335 g/mol. The minimum absolute atomic E-state index is 0.397. The predicted molar refractivity (Wildman–Crippen MR) is 80.2 cm³/mol. The van der Waals surface area contributed by atoms with Crippen LogP contribution in [0.3, 0.4) is 0 Å². The Morgan fingerprint density at radius 1 is 1.18 bits per heavy atom. The lowest BCUT2D eigenvalue weighted by Gasteiger charge is -2.20. The van der Waals surface area contributed by atoms with Crippen molar-refractivity contribution < 1.29 is 29.4 Å². The largest absolute Gasteiger partial charge is 0.480 e. The fourth-order valence-corrected chi connectivity index (χ4v) is 1.94. The van der Waals surface area contributed by atoms with Crippen LogP contribution in [0.4, 0.5) is 0 Å². The summed E-state index contributed by atoms with van der Waals surface area (Å²) in [4.78, 5) is 44.9. The van der Waals surface area contributed by atoms with Crippen LogP contribution in [0.5, 0.6) is 0 Å². The van der Waals surface area contributed by atoms with Gasteiger partial charge in [-0.3, -0.25) is 14.4 Å². The molecule has 0 aromatic carbocycles. The molecule has 0 aliphatic rings. The van der Waals surface area contributed by atoms with Gasteiger partial charge in [-0.25, -0.2) is 4.79 Å². The highest BCUT2D eigenvalue weighted by molar-refractivity contribution is 7.98. The second kappa shape index (κ2) is 10.9. The Hall–Kier alpha value is -1.81. The number of nitrogens with one attached hydrogen (secondary N) is 3. The number of hydrogen-bond donors (Lipinski definition) is 5. The molecule has 0 rings (SSSR count). The number of carbonyl (C=O) groups is 4. The number of thioether (sulfide) groups is 1. The number of aliphatic hydroxyl groups excluding tert-OH is 1. The molecule has 3 atom stereocenters. The average Bonchev–Trinajstić information content (AvgIpc) is 2.47. The Bertz CT molecular complexity index is 406. The molecule has 0 aromatic rings. The van der Waals surface area contributed by atoms with E-state index in [-0.39, 0.29) is 0 Å². The molecule has 3 amide bonds. The summed E-state index contributed by atoms with van der Waals surface area (Å²) in [6.07, 6.45) is 2.66. The van der Waals surface area contributed by atoms with Crippen LogP contribution in [0.2, 0.25) is 0 Å². The molecule has 0 heterocycles. The van der Waals surface area contributed by atoms with Crippen molar-refractivity contribution >= 4 is 36.0 Å². The molecular formula is C12H21N3O6S. The summed E-state index contributed by atoms with van der Waals surface area (Å²) in [5, 5.41) is 24.4. The summed E-state index contributed by atoms with van der Waals surface area (Å²) in [5.41, 5.74) is 0. The summed E-state index contributed by atoms with van der Waals surface area (Å²) in [7, 11) is 0. The van der Waals surface area contributed by atoms with Crippen molar-refractivity contribution in [3.63, 3.8) is 0 Å². The highest BCUT2D eigenvalue weighted by Crippen LogP contribution is 2.01. The third kappa shape index (κ3) is 7.27. The minimum atomic E-state index is -1.44. The second-order valence-electron chi connectivity index (χ2n) is 4.43. The number of carboxylic acid groups (broad SMARTS) is 1. The predicted octanol–water partition coefficient (Wildman–Crippen LogP) is -2.08. The van der Waals surface area contributed by atoms with Crippen LogP contribution in [0.25, 0.3) is 0 Å². The maximum Gasteiger partial charge on any atom is 0.328 e. The molecule has 126 valence electrons. The first-order valence-electron chi connectivity index (χ1n) is 6.50. The van der Waals surface area contributed by atoms with Gasteiger partial charge in [-0.05, 0) is 25.4 Å². The quantitative estimate of drug-likeness (QED) is 0.272. The lowest BCUT2D eigenvalue weighted by Crippen LogP contribution is -2.54. The normalized spacial score (nSPS) is 14.3. The van der Waals surface area contributed by atoms with Gasteiger partial charge in [-0.15, -0.1) is 0 Å². The smallest absolute Gasteiger partial charge is 0.328 e. The molecule has 0 radical (unpaired) electrons. The van der Waals surface area contributed by atoms with Crippen molar-refractivity contribution in [3.8, 4) is 0 Å². The molecule has 0 aromatic heterocycles. The SMILES string of the molecule is CSCC[C@H](NC=O)C(=O)N[C@H](C)C(=O)N[C@H](CO)C(=O)O. The third-order valence-electron chi connectivity index (χ3n) is 2.75. The van der Waals surface area contributed by atoms with E-state index in [9.17, 15) is 19.2 Å². The third-order valence-corrected chi connectivity index (χ3v) is 3.39. The average molecular weight is 335 g/mol. The van der Waals surface area contributed by atoms with Crippen molar-refractivity contribution in [2.75, 3.05) is 18.6 Å². The molecule has 22 heavy (non-hydrogen) atoms. The standard InChI is InChI=1S/C12H21N3O6S/c1-7(10(18)15-9(5-16)12(20)21)14-11(19)8(13-6-17)3-4-22-2/h6-9,16H,3-5H2,1-2H3,(H,13,17)(H,14,19)(H,15,18)(H,20,21)/t7-,8+,9-/m1/s1. The van der Waals surface area contributed by atoms with Gasteiger partial charge in [0.1, 0.15) is 18.1 Å². The fraction of sp³-hybridized carbons (Fsp3) is 0.667. The highest BCUT2D eigenvalue weighted by atomic mass is 32.2. The topological polar surface area (TPSA) is 145 Å². The molecule has 0 saturated heterocycles. The number of amides is 3. The van der Waals surface area contributed by atoms with E-state index in [4.69, 9.17) is 10.2 Å². The summed E-state index contributed by atoms with van der Waals surface area (Å²) >= 11 is 1.50. The molecule has 0 fully saturated rings. The summed E-state index contributed by atoms with van der Waals surface area (Å²) in [5.74, 6) is -2.02. The lowest BCUT2D eigenvalue weighted by molar-refractivity contribution is -0.143. The highest BCUT2D eigenvalue weighted by Gasteiger charge is 2.25. The summed E-state index contributed by atoms with van der Waals surface area (Å²) < 4.78 is 0. The van der Waals surface area contributed by atoms with Gasteiger partial charge in [0.05, 0.1) is 6.61 Å². The molecule has 0 spiro atoms. The Labute approximate surface area is 132 Å². The van der Waals surface area contributed by atoms with Crippen molar-refractivity contribution in [1.29, 1.82) is 0 Å². The number of carboxylic acids is 1. The van der Waals surface area contributed by atoms with E-state index in [0.29, 0.717) is 18.6 Å². The molecular weight excluding hydrogens is 314 g/mol. The Balaban J connectivity index is 4.55. The van der Waals surface area contributed by atoms with Crippen molar-refractivity contribution in [2.45, 2.75) is 31.5 Å². The molecule has 9 nitrogen and oxygen atoms in total. The Morgan fingerprint density at radius 2 is 1.82 bits per heavy atom. The van der Waals surface area contributed by atoms with Crippen molar-refractivity contribution in [1.82, 2.24) is 16.0 Å². The zero-order chi connectivity index (χ0) is 17.1.